The number of nitrogens with zero attached hydrogens (tertiary/aromatic N) is 2. The van der Waals surface area contributed by atoms with Gasteiger partial charge in [0.25, 0.3) is 5.69 Å². The molecule has 2 aromatic rings. The Labute approximate surface area is 184 Å². The number of carbonyl (C=O) groups excluding carboxylic acids is 1. The van der Waals surface area contributed by atoms with Crippen molar-refractivity contribution in [2.24, 2.45) is 5.73 Å². The number of non-ortho nitro benzene ring substituents is 1. The molecule has 164 valence electrons. The van der Waals surface area contributed by atoms with Gasteiger partial charge in [0, 0.05) is 17.7 Å². The maximum absolute atomic E-state index is 12.7. The molecule has 0 saturated heterocycles. The normalized spacial score (nSPS) is 15.6. The second-order valence-electron chi connectivity index (χ2n) is 6.87. The molecular weight excluding hydrogens is 414 g/mol. The highest BCUT2D eigenvalue weighted by Gasteiger charge is 2.37. The number of esters is 1. The van der Waals surface area contributed by atoms with Crippen LogP contribution in [0.1, 0.15) is 30.9 Å². The van der Waals surface area contributed by atoms with E-state index in [-0.39, 0.29) is 41.7 Å². The molecule has 0 bridgehead atoms. The first-order valence-corrected chi connectivity index (χ1v) is 9.77. The molecule has 9 nitrogen and oxygen atoms in total. The predicted octanol–water partition coefficient (Wildman–Crippen LogP) is 3.82. The standard InChI is InChI=1S/C23H21N3O6/c1-3-30-23(27)20-14(2)32-22(25)18(12-24)21(20)17-6-4-5-7-19(17)31-13-15-8-10-16(11-9-15)26(28)29/h4-11,21H,3,13,25H2,1-2H3. The van der Waals surface area contributed by atoms with E-state index in [1.165, 1.54) is 12.1 Å². The minimum Gasteiger partial charge on any atom is -0.489 e. The number of nitriles is 1. The van der Waals surface area contributed by atoms with Crippen molar-refractivity contribution >= 4 is 11.7 Å². The lowest BCUT2D eigenvalue weighted by Gasteiger charge is -2.28. The van der Waals surface area contributed by atoms with Crippen LogP contribution >= 0.6 is 0 Å². The largest absolute Gasteiger partial charge is 0.489 e. The molecule has 9 heteroatoms. The van der Waals surface area contributed by atoms with Gasteiger partial charge in [0.15, 0.2) is 0 Å². The van der Waals surface area contributed by atoms with Crippen molar-refractivity contribution in [2.45, 2.75) is 26.4 Å². The fourth-order valence-electron chi connectivity index (χ4n) is 3.39. The Morgan fingerprint density at radius 3 is 2.56 bits per heavy atom. The van der Waals surface area contributed by atoms with Crippen LogP contribution in [-0.4, -0.2) is 17.5 Å². The van der Waals surface area contributed by atoms with E-state index in [4.69, 9.17) is 19.9 Å². The smallest absolute Gasteiger partial charge is 0.338 e. The molecule has 32 heavy (non-hydrogen) atoms. The Kier molecular flexibility index (Phi) is 6.75. The van der Waals surface area contributed by atoms with Crippen molar-refractivity contribution in [2.75, 3.05) is 6.61 Å². The van der Waals surface area contributed by atoms with Crippen molar-refractivity contribution in [1.82, 2.24) is 0 Å². The van der Waals surface area contributed by atoms with Gasteiger partial charge in [-0.2, -0.15) is 5.26 Å². The number of benzene rings is 2. The summed E-state index contributed by atoms with van der Waals surface area (Å²) in [4.78, 5) is 23.1. The van der Waals surface area contributed by atoms with Crippen LogP contribution in [0.15, 0.2) is 71.3 Å². The highest BCUT2D eigenvalue weighted by atomic mass is 16.6. The molecule has 0 fully saturated rings. The van der Waals surface area contributed by atoms with Gasteiger partial charge < -0.3 is 19.9 Å². The molecule has 1 aliphatic rings. The number of para-hydroxylation sites is 1. The molecule has 0 amide bonds. The van der Waals surface area contributed by atoms with E-state index in [1.807, 2.05) is 6.07 Å². The molecule has 1 unspecified atom stereocenters. The second kappa shape index (κ2) is 9.66. The van der Waals surface area contributed by atoms with Crippen molar-refractivity contribution in [3.05, 3.63) is 92.6 Å². The lowest BCUT2D eigenvalue weighted by Crippen LogP contribution is -2.26. The number of hydrogen-bond donors (Lipinski definition) is 1. The average Bonchev–Trinajstić information content (AvgIpc) is 2.77. The Morgan fingerprint density at radius 1 is 1.25 bits per heavy atom. The molecule has 2 aromatic carbocycles. The van der Waals surface area contributed by atoms with Crippen LogP contribution in [0.4, 0.5) is 5.69 Å². The van der Waals surface area contributed by atoms with Gasteiger partial charge in [-0.05, 0) is 37.6 Å². The Hall–Kier alpha value is -4.32. The highest BCUT2D eigenvalue weighted by Crippen LogP contribution is 2.43. The molecule has 0 spiro atoms. The first-order valence-electron chi connectivity index (χ1n) is 9.77. The number of carbonyl (C=O) groups is 1. The van der Waals surface area contributed by atoms with Gasteiger partial charge in [0.1, 0.15) is 29.8 Å². The van der Waals surface area contributed by atoms with Crippen molar-refractivity contribution in [1.29, 1.82) is 5.26 Å². The number of hydrogen-bond acceptors (Lipinski definition) is 8. The summed E-state index contributed by atoms with van der Waals surface area (Å²) in [5, 5.41) is 20.6. The van der Waals surface area contributed by atoms with Gasteiger partial charge in [-0.1, -0.05) is 18.2 Å². The quantitative estimate of drug-likeness (QED) is 0.393. The van der Waals surface area contributed by atoms with E-state index in [0.717, 1.165) is 0 Å². The van der Waals surface area contributed by atoms with Gasteiger partial charge >= 0.3 is 5.97 Å². The van der Waals surface area contributed by atoms with Crippen LogP contribution < -0.4 is 10.5 Å². The SMILES string of the molecule is CCOC(=O)C1=C(C)OC(N)=C(C#N)C1c1ccccc1OCc1ccc([N+](=O)[O-])cc1. The molecule has 0 aromatic heterocycles. The van der Waals surface area contributed by atoms with E-state index < -0.39 is 16.8 Å². The molecule has 1 atom stereocenters. The summed E-state index contributed by atoms with van der Waals surface area (Å²) in [6.45, 7) is 3.54. The van der Waals surface area contributed by atoms with Crippen LogP contribution in [-0.2, 0) is 20.9 Å². The summed E-state index contributed by atoms with van der Waals surface area (Å²) in [5.74, 6) is -0.863. The maximum atomic E-state index is 12.7. The van der Waals surface area contributed by atoms with E-state index in [0.29, 0.717) is 16.9 Å². The molecule has 1 aliphatic heterocycles. The lowest BCUT2D eigenvalue weighted by atomic mass is 9.82. The third-order valence-corrected chi connectivity index (χ3v) is 4.87. The highest BCUT2D eigenvalue weighted by molar-refractivity contribution is 5.92. The van der Waals surface area contributed by atoms with E-state index in [2.05, 4.69) is 0 Å². The van der Waals surface area contributed by atoms with Gasteiger partial charge in [0.05, 0.1) is 23.0 Å². The first-order chi connectivity index (χ1) is 15.4. The molecule has 3 rings (SSSR count). The van der Waals surface area contributed by atoms with Crippen LogP contribution in [0.25, 0.3) is 0 Å². The van der Waals surface area contributed by atoms with Gasteiger partial charge in [0.2, 0.25) is 5.88 Å². The number of allylic oxidation sites excluding steroid dienone is 2. The monoisotopic (exact) mass is 435 g/mol. The van der Waals surface area contributed by atoms with Crippen LogP contribution in [0.3, 0.4) is 0 Å². The van der Waals surface area contributed by atoms with Gasteiger partial charge in [-0.15, -0.1) is 0 Å². The Bertz CT molecular complexity index is 1150. The maximum Gasteiger partial charge on any atom is 0.338 e. The summed E-state index contributed by atoms with van der Waals surface area (Å²) in [5.41, 5.74) is 7.43. The molecule has 1 heterocycles. The number of rotatable bonds is 7. The zero-order chi connectivity index (χ0) is 23.3. The third kappa shape index (κ3) is 4.54. The summed E-state index contributed by atoms with van der Waals surface area (Å²) in [6.07, 6.45) is 0. The first kappa shape index (κ1) is 22.4. The third-order valence-electron chi connectivity index (χ3n) is 4.87. The number of nitro groups is 1. The Morgan fingerprint density at radius 2 is 1.94 bits per heavy atom. The summed E-state index contributed by atoms with van der Waals surface area (Å²) in [7, 11) is 0. The number of nitrogens with two attached hydrogens (primary N) is 1. The second-order valence-corrected chi connectivity index (χ2v) is 6.87. The number of nitro benzene ring substituents is 1. The molecular formula is C23H21N3O6. The fourth-order valence-corrected chi connectivity index (χ4v) is 3.39. The molecule has 0 saturated carbocycles. The molecule has 0 aliphatic carbocycles. The number of ether oxygens (including phenoxy) is 3. The molecule has 2 N–H and O–H groups in total. The topological polar surface area (TPSA) is 138 Å². The van der Waals surface area contributed by atoms with E-state index in [9.17, 15) is 20.2 Å². The van der Waals surface area contributed by atoms with Crippen molar-refractivity contribution < 1.29 is 23.9 Å². The molecule has 0 radical (unpaired) electrons. The zero-order valence-corrected chi connectivity index (χ0v) is 17.5. The van der Waals surface area contributed by atoms with Gasteiger partial charge in [-0.25, -0.2) is 4.79 Å². The Balaban J connectivity index is 1.98. The van der Waals surface area contributed by atoms with E-state index in [1.54, 1.807) is 50.2 Å². The summed E-state index contributed by atoms with van der Waals surface area (Å²) < 4.78 is 16.6. The van der Waals surface area contributed by atoms with Crippen molar-refractivity contribution in [3.8, 4) is 11.8 Å². The minimum atomic E-state index is -0.833. The van der Waals surface area contributed by atoms with Crippen LogP contribution in [0.5, 0.6) is 5.75 Å². The zero-order valence-electron chi connectivity index (χ0n) is 17.5. The van der Waals surface area contributed by atoms with Gasteiger partial charge in [-0.3, -0.25) is 10.1 Å². The predicted molar refractivity (Wildman–Crippen MR) is 114 cm³/mol. The van der Waals surface area contributed by atoms with E-state index >= 15 is 0 Å². The fraction of sp³-hybridized carbons (Fsp3) is 0.217. The van der Waals surface area contributed by atoms with Crippen molar-refractivity contribution in [3.63, 3.8) is 0 Å². The lowest BCUT2D eigenvalue weighted by molar-refractivity contribution is -0.384. The summed E-state index contributed by atoms with van der Waals surface area (Å²) >= 11 is 0. The van der Waals surface area contributed by atoms with Crippen LogP contribution in [0, 0.1) is 21.4 Å². The van der Waals surface area contributed by atoms with Crippen LogP contribution in [0.2, 0.25) is 0 Å². The summed E-state index contributed by atoms with van der Waals surface area (Å²) in [6, 6.07) is 15.0. The minimum absolute atomic E-state index is 0.0182. The average molecular weight is 435 g/mol.